The molecule has 0 aliphatic carbocycles. The van der Waals surface area contributed by atoms with Crippen LogP contribution in [0.1, 0.15) is 49.9 Å². The van der Waals surface area contributed by atoms with Gasteiger partial charge in [-0.05, 0) is 25.5 Å². The predicted molar refractivity (Wildman–Crippen MR) is 75.3 cm³/mol. The summed E-state index contributed by atoms with van der Waals surface area (Å²) in [6, 6.07) is 6.99. The largest absolute Gasteiger partial charge is 0.370 e. The van der Waals surface area contributed by atoms with Crippen LogP contribution in [0.15, 0.2) is 24.3 Å². The van der Waals surface area contributed by atoms with Crippen LogP contribution in [0, 0.1) is 0 Å². The predicted octanol–water partition coefficient (Wildman–Crippen LogP) is 4.51. The molecule has 0 amide bonds. The number of ketones is 1. The molecule has 0 spiro atoms. The number of halogens is 1. The minimum Gasteiger partial charge on any atom is -0.370 e. The Balaban J connectivity index is 2.37. The first-order valence-corrected chi connectivity index (χ1v) is 6.94. The minimum atomic E-state index is -0.398. The Hall–Kier alpha value is -0.860. The number of carbonyl (C=O) groups excluding carboxylic acids is 1. The molecule has 18 heavy (non-hydrogen) atoms. The smallest absolute Gasteiger partial charge is 0.191 e. The van der Waals surface area contributed by atoms with Crippen molar-refractivity contribution in [1.82, 2.24) is 0 Å². The van der Waals surface area contributed by atoms with E-state index in [1.165, 1.54) is 12.8 Å². The van der Waals surface area contributed by atoms with Gasteiger partial charge in [0.25, 0.3) is 0 Å². The quantitative estimate of drug-likeness (QED) is 0.512. The Kier molecular flexibility index (Phi) is 6.99. The van der Waals surface area contributed by atoms with Crippen molar-refractivity contribution in [2.75, 3.05) is 6.61 Å². The van der Waals surface area contributed by atoms with Crippen LogP contribution < -0.4 is 0 Å². The monoisotopic (exact) mass is 268 g/mol. The van der Waals surface area contributed by atoms with Gasteiger partial charge in [-0.2, -0.15) is 0 Å². The molecule has 0 heterocycles. The maximum atomic E-state index is 12.0. The summed E-state index contributed by atoms with van der Waals surface area (Å²) in [6.07, 6.45) is 4.21. The number of hydrogen-bond donors (Lipinski definition) is 0. The van der Waals surface area contributed by atoms with E-state index >= 15 is 0 Å². The van der Waals surface area contributed by atoms with Crippen molar-refractivity contribution in [1.29, 1.82) is 0 Å². The summed E-state index contributed by atoms with van der Waals surface area (Å²) in [5.41, 5.74) is 0.614. The van der Waals surface area contributed by atoms with Gasteiger partial charge in [-0.25, -0.2) is 0 Å². The van der Waals surface area contributed by atoms with E-state index in [0.29, 0.717) is 17.2 Å². The molecule has 1 aromatic rings. The van der Waals surface area contributed by atoms with Crippen LogP contribution in [-0.4, -0.2) is 18.5 Å². The molecule has 0 saturated carbocycles. The fraction of sp³-hybridized carbons (Fsp3) is 0.533. The summed E-state index contributed by atoms with van der Waals surface area (Å²) in [6.45, 7) is 4.61. The molecular weight excluding hydrogens is 248 g/mol. The highest BCUT2D eigenvalue weighted by Gasteiger charge is 2.15. The molecule has 1 atom stereocenters. The number of hydrogen-bond acceptors (Lipinski definition) is 2. The summed E-state index contributed by atoms with van der Waals surface area (Å²) in [4.78, 5) is 12.0. The van der Waals surface area contributed by atoms with Gasteiger partial charge in [-0.1, -0.05) is 49.9 Å². The Morgan fingerprint density at radius 2 is 2.11 bits per heavy atom. The molecule has 0 radical (unpaired) electrons. The topological polar surface area (TPSA) is 26.3 Å². The van der Waals surface area contributed by atoms with E-state index in [1.54, 1.807) is 31.2 Å². The second kappa shape index (κ2) is 8.28. The minimum absolute atomic E-state index is 0.00649. The molecule has 0 fully saturated rings. The number of carbonyl (C=O) groups is 1. The molecule has 0 N–H and O–H groups in total. The molecule has 100 valence electrons. The average molecular weight is 269 g/mol. The first-order valence-electron chi connectivity index (χ1n) is 6.56. The van der Waals surface area contributed by atoms with Crippen LogP contribution >= 0.6 is 11.6 Å². The van der Waals surface area contributed by atoms with Gasteiger partial charge in [-0.15, -0.1) is 0 Å². The molecule has 1 unspecified atom stereocenters. The number of Topliss-reactive ketones (excluding diaryl/α,β-unsaturated/α-hetero) is 1. The highest BCUT2D eigenvalue weighted by atomic mass is 35.5. The van der Waals surface area contributed by atoms with Crippen molar-refractivity contribution in [3.05, 3.63) is 34.9 Å². The maximum Gasteiger partial charge on any atom is 0.191 e. The van der Waals surface area contributed by atoms with Gasteiger partial charge in [0.15, 0.2) is 5.78 Å². The van der Waals surface area contributed by atoms with Gasteiger partial charge >= 0.3 is 0 Å². The highest BCUT2D eigenvalue weighted by molar-refractivity contribution is 6.31. The van der Waals surface area contributed by atoms with Crippen LogP contribution in [0.3, 0.4) is 0 Å². The molecule has 1 aromatic carbocycles. The van der Waals surface area contributed by atoms with E-state index in [1.807, 2.05) is 0 Å². The summed E-state index contributed by atoms with van der Waals surface area (Å²) in [5.74, 6) is -0.00649. The maximum absolute atomic E-state index is 12.0. The Labute approximate surface area is 114 Å². The van der Waals surface area contributed by atoms with Crippen molar-refractivity contribution in [2.24, 2.45) is 0 Å². The first kappa shape index (κ1) is 15.2. The fourth-order valence-corrected chi connectivity index (χ4v) is 1.93. The molecule has 0 saturated heterocycles. The van der Waals surface area contributed by atoms with Crippen molar-refractivity contribution in [2.45, 2.75) is 45.6 Å². The van der Waals surface area contributed by atoms with Gasteiger partial charge in [0.2, 0.25) is 0 Å². The van der Waals surface area contributed by atoms with Gasteiger partial charge in [-0.3, -0.25) is 4.79 Å². The zero-order chi connectivity index (χ0) is 13.4. The second-order valence-electron chi connectivity index (χ2n) is 4.45. The third-order valence-electron chi connectivity index (χ3n) is 2.84. The summed E-state index contributed by atoms with van der Waals surface area (Å²) in [7, 11) is 0. The van der Waals surface area contributed by atoms with Crippen LogP contribution in [0.2, 0.25) is 5.02 Å². The van der Waals surface area contributed by atoms with Crippen LogP contribution in [0.4, 0.5) is 0 Å². The molecule has 0 aromatic heterocycles. The lowest BCUT2D eigenvalue weighted by molar-refractivity contribution is 0.0464. The third-order valence-corrected chi connectivity index (χ3v) is 3.08. The highest BCUT2D eigenvalue weighted by Crippen LogP contribution is 2.13. The lowest BCUT2D eigenvalue weighted by Gasteiger charge is -2.12. The Morgan fingerprint density at radius 3 is 2.78 bits per heavy atom. The molecule has 0 aliphatic rings. The van der Waals surface area contributed by atoms with E-state index in [9.17, 15) is 4.79 Å². The fourth-order valence-electron chi connectivity index (χ4n) is 1.74. The van der Waals surface area contributed by atoms with E-state index in [4.69, 9.17) is 16.3 Å². The average Bonchev–Trinajstić information content (AvgIpc) is 2.37. The molecule has 1 rings (SSSR count). The van der Waals surface area contributed by atoms with E-state index in [2.05, 4.69) is 6.92 Å². The number of ether oxygens (including phenoxy) is 1. The number of rotatable bonds is 8. The van der Waals surface area contributed by atoms with Crippen molar-refractivity contribution >= 4 is 17.4 Å². The third kappa shape index (κ3) is 5.19. The second-order valence-corrected chi connectivity index (χ2v) is 4.88. The van der Waals surface area contributed by atoms with Crippen LogP contribution in [0.5, 0.6) is 0 Å². The zero-order valence-electron chi connectivity index (χ0n) is 11.1. The molecule has 2 nitrogen and oxygen atoms in total. The van der Waals surface area contributed by atoms with E-state index in [0.717, 1.165) is 12.8 Å². The SMILES string of the molecule is CCCCCCOC(C)C(=O)c1cccc(Cl)c1. The lowest BCUT2D eigenvalue weighted by atomic mass is 10.1. The van der Waals surface area contributed by atoms with Crippen LogP contribution in [-0.2, 0) is 4.74 Å². The molecular formula is C15H21ClO2. The number of benzene rings is 1. The Bertz CT molecular complexity index is 377. The normalized spacial score (nSPS) is 12.4. The van der Waals surface area contributed by atoms with Gasteiger partial charge in [0, 0.05) is 17.2 Å². The van der Waals surface area contributed by atoms with Gasteiger partial charge in [0.05, 0.1) is 0 Å². The zero-order valence-corrected chi connectivity index (χ0v) is 11.9. The van der Waals surface area contributed by atoms with E-state index in [-0.39, 0.29) is 5.78 Å². The molecule has 3 heteroatoms. The van der Waals surface area contributed by atoms with Crippen molar-refractivity contribution in [3.8, 4) is 0 Å². The molecule has 0 aliphatic heterocycles. The number of unbranched alkanes of at least 4 members (excludes halogenated alkanes) is 3. The summed E-state index contributed by atoms with van der Waals surface area (Å²) in [5, 5.41) is 0.580. The summed E-state index contributed by atoms with van der Waals surface area (Å²) < 4.78 is 5.55. The van der Waals surface area contributed by atoms with Crippen LogP contribution in [0.25, 0.3) is 0 Å². The van der Waals surface area contributed by atoms with Gasteiger partial charge in [0.1, 0.15) is 6.10 Å². The Morgan fingerprint density at radius 1 is 1.33 bits per heavy atom. The summed E-state index contributed by atoms with van der Waals surface area (Å²) >= 11 is 5.86. The lowest BCUT2D eigenvalue weighted by Crippen LogP contribution is -2.21. The van der Waals surface area contributed by atoms with Crippen molar-refractivity contribution in [3.63, 3.8) is 0 Å². The van der Waals surface area contributed by atoms with Crippen molar-refractivity contribution < 1.29 is 9.53 Å². The first-order chi connectivity index (χ1) is 8.65. The standard InChI is InChI=1S/C15H21ClO2/c1-3-4-5-6-10-18-12(2)15(17)13-8-7-9-14(16)11-13/h7-9,11-12H,3-6,10H2,1-2H3. The van der Waals surface area contributed by atoms with E-state index < -0.39 is 6.10 Å². The van der Waals surface area contributed by atoms with Gasteiger partial charge < -0.3 is 4.74 Å². The molecule has 0 bridgehead atoms.